The van der Waals surface area contributed by atoms with Crippen LogP contribution in [0.3, 0.4) is 0 Å². The van der Waals surface area contributed by atoms with Crippen molar-refractivity contribution in [3.63, 3.8) is 0 Å². The number of benzene rings is 1. The summed E-state index contributed by atoms with van der Waals surface area (Å²) in [4.78, 5) is 18.4. The predicted molar refractivity (Wildman–Crippen MR) is 102 cm³/mol. The molecule has 1 aromatic heterocycles. The maximum absolute atomic E-state index is 12.2. The van der Waals surface area contributed by atoms with E-state index in [1.54, 1.807) is 30.5 Å². The number of anilines is 2. The second-order valence-electron chi connectivity index (χ2n) is 5.95. The van der Waals surface area contributed by atoms with Gasteiger partial charge in [-0.1, -0.05) is 17.7 Å². The van der Waals surface area contributed by atoms with E-state index in [1.165, 1.54) is 0 Å². The minimum atomic E-state index is -0.406. The third-order valence-electron chi connectivity index (χ3n) is 3.35. The van der Waals surface area contributed by atoms with Crippen LogP contribution in [0.5, 0.6) is 5.75 Å². The Bertz CT molecular complexity index is 705. The first-order valence-electron chi connectivity index (χ1n) is 8.02. The summed E-state index contributed by atoms with van der Waals surface area (Å²) in [7, 11) is 4.03. The van der Waals surface area contributed by atoms with Crippen LogP contribution in [0.1, 0.15) is 12.0 Å². The van der Waals surface area contributed by atoms with Crippen molar-refractivity contribution in [2.75, 3.05) is 37.9 Å². The average Bonchev–Trinajstić information content (AvgIpc) is 2.55. The van der Waals surface area contributed by atoms with Crippen molar-refractivity contribution >= 4 is 29.1 Å². The van der Waals surface area contributed by atoms with Crippen LogP contribution in [0.4, 0.5) is 16.3 Å². The van der Waals surface area contributed by atoms with Crippen molar-refractivity contribution < 1.29 is 9.53 Å². The van der Waals surface area contributed by atoms with E-state index in [0.717, 1.165) is 18.5 Å². The molecule has 0 bridgehead atoms. The minimum absolute atomic E-state index is 0.406. The topological polar surface area (TPSA) is 66.5 Å². The van der Waals surface area contributed by atoms with E-state index in [9.17, 15) is 4.79 Å². The Kier molecular flexibility index (Phi) is 7.03. The fourth-order valence-electron chi connectivity index (χ4n) is 2.10. The lowest BCUT2D eigenvalue weighted by atomic mass is 10.3. The Hall–Kier alpha value is -2.31. The molecule has 0 aliphatic heterocycles. The number of hydrogen-bond acceptors (Lipinski definition) is 4. The molecule has 1 heterocycles. The Morgan fingerprint density at radius 2 is 2.04 bits per heavy atom. The summed E-state index contributed by atoms with van der Waals surface area (Å²) in [5.41, 5.74) is 1.54. The van der Waals surface area contributed by atoms with Gasteiger partial charge in [0.15, 0.2) is 0 Å². The first-order valence-corrected chi connectivity index (χ1v) is 8.39. The van der Waals surface area contributed by atoms with E-state index in [1.807, 2.05) is 27.1 Å². The number of pyridine rings is 1. The number of carbonyl (C=O) groups is 1. The van der Waals surface area contributed by atoms with Gasteiger partial charge in [0.05, 0.1) is 12.3 Å². The first-order chi connectivity index (χ1) is 11.9. The molecule has 0 saturated heterocycles. The van der Waals surface area contributed by atoms with Crippen LogP contribution in [0.25, 0.3) is 0 Å². The van der Waals surface area contributed by atoms with Gasteiger partial charge in [0.25, 0.3) is 0 Å². The van der Waals surface area contributed by atoms with Crippen molar-refractivity contribution in [1.29, 1.82) is 0 Å². The van der Waals surface area contributed by atoms with Crippen LogP contribution in [-0.4, -0.2) is 43.2 Å². The van der Waals surface area contributed by atoms with Crippen molar-refractivity contribution in [3.05, 3.63) is 47.1 Å². The van der Waals surface area contributed by atoms with Gasteiger partial charge in [-0.2, -0.15) is 0 Å². The molecule has 0 radical (unpaired) electrons. The molecule has 2 amide bonds. The lowest BCUT2D eigenvalue weighted by Gasteiger charge is -2.14. The molecule has 1 aromatic carbocycles. The largest absolute Gasteiger partial charge is 0.491 e. The Labute approximate surface area is 153 Å². The number of amides is 2. The lowest BCUT2D eigenvalue weighted by Crippen LogP contribution is -2.21. The quantitative estimate of drug-likeness (QED) is 0.730. The molecule has 0 atom stereocenters. The first kappa shape index (κ1) is 19.0. The number of urea groups is 1. The minimum Gasteiger partial charge on any atom is -0.491 e. The van der Waals surface area contributed by atoms with Crippen LogP contribution in [0.15, 0.2) is 36.5 Å². The van der Waals surface area contributed by atoms with E-state index in [0.29, 0.717) is 28.9 Å². The standard InChI is InChI=1S/C18H23ClN4O2/c1-13-5-8-17(20-12-13)22-18(24)21-15-11-14(19)6-7-16(15)25-10-4-9-23(2)3/h5-8,11-12H,4,9-10H2,1-3H3,(H2,20,21,22,24). The van der Waals surface area contributed by atoms with Gasteiger partial charge in [-0.05, 0) is 57.3 Å². The van der Waals surface area contributed by atoms with Gasteiger partial charge in [0.1, 0.15) is 11.6 Å². The third-order valence-corrected chi connectivity index (χ3v) is 3.59. The number of carbonyl (C=O) groups excluding carboxylic acids is 1. The van der Waals surface area contributed by atoms with Crippen molar-refractivity contribution in [2.24, 2.45) is 0 Å². The van der Waals surface area contributed by atoms with Crippen LogP contribution < -0.4 is 15.4 Å². The van der Waals surface area contributed by atoms with Crippen LogP contribution in [0, 0.1) is 6.92 Å². The molecule has 6 nitrogen and oxygen atoms in total. The summed E-state index contributed by atoms with van der Waals surface area (Å²) in [6.07, 6.45) is 2.57. The maximum Gasteiger partial charge on any atom is 0.324 e. The normalized spacial score (nSPS) is 10.6. The molecule has 134 valence electrons. The highest BCUT2D eigenvalue weighted by Crippen LogP contribution is 2.28. The summed E-state index contributed by atoms with van der Waals surface area (Å²) < 4.78 is 5.77. The molecule has 7 heteroatoms. The Balaban J connectivity index is 1.98. The highest BCUT2D eigenvalue weighted by Gasteiger charge is 2.10. The summed E-state index contributed by atoms with van der Waals surface area (Å²) in [5, 5.41) is 5.95. The van der Waals surface area contributed by atoms with Gasteiger partial charge in [-0.3, -0.25) is 5.32 Å². The molecule has 0 fully saturated rings. The summed E-state index contributed by atoms with van der Waals surface area (Å²) in [6, 6.07) is 8.35. The second kappa shape index (κ2) is 9.25. The summed E-state index contributed by atoms with van der Waals surface area (Å²) in [5.74, 6) is 1.05. The molecule has 2 aromatic rings. The number of aromatic nitrogens is 1. The number of ether oxygens (including phenoxy) is 1. The van der Waals surface area contributed by atoms with Gasteiger partial charge in [0.2, 0.25) is 0 Å². The molecule has 0 unspecified atom stereocenters. The van der Waals surface area contributed by atoms with Crippen molar-refractivity contribution in [1.82, 2.24) is 9.88 Å². The molecule has 25 heavy (non-hydrogen) atoms. The van der Waals surface area contributed by atoms with Gasteiger partial charge < -0.3 is 15.0 Å². The highest BCUT2D eigenvalue weighted by atomic mass is 35.5. The van der Waals surface area contributed by atoms with Crippen LogP contribution >= 0.6 is 11.6 Å². The van der Waals surface area contributed by atoms with Crippen molar-refractivity contribution in [2.45, 2.75) is 13.3 Å². The number of halogens is 1. The summed E-state index contributed by atoms with van der Waals surface area (Å²) >= 11 is 6.03. The van der Waals surface area contributed by atoms with Gasteiger partial charge in [0, 0.05) is 17.8 Å². The zero-order valence-corrected chi connectivity index (χ0v) is 15.4. The van der Waals surface area contributed by atoms with E-state index < -0.39 is 6.03 Å². The van der Waals surface area contributed by atoms with Gasteiger partial charge >= 0.3 is 6.03 Å². The maximum atomic E-state index is 12.2. The van der Waals surface area contributed by atoms with Crippen molar-refractivity contribution in [3.8, 4) is 5.75 Å². The Morgan fingerprint density at radius 1 is 1.24 bits per heavy atom. The molecular weight excluding hydrogens is 340 g/mol. The fraction of sp³-hybridized carbons (Fsp3) is 0.333. The zero-order chi connectivity index (χ0) is 18.2. The molecule has 0 aliphatic rings. The monoisotopic (exact) mass is 362 g/mol. The molecule has 0 aliphatic carbocycles. The van der Waals surface area contributed by atoms with Gasteiger partial charge in [-0.25, -0.2) is 9.78 Å². The number of aryl methyl sites for hydroxylation is 1. The number of nitrogens with zero attached hydrogens (tertiary/aromatic N) is 2. The number of nitrogens with one attached hydrogen (secondary N) is 2. The molecule has 0 saturated carbocycles. The Morgan fingerprint density at radius 3 is 2.72 bits per heavy atom. The molecule has 2 N–H and O–H groups in total. The predicted octanol–water partition coefficient (Wildman–Crippen LogP) is 4.02. The fourth-order valence-corrected chi connectivity index (χ4v) is 2.27. The molecular formula is C18H23ClN4O2. The van der Waals surface area contributed by atoms with Gasteiger partial charge in [-0.15, -0.1) is 0 Å². The van der Waals surface area contributed by atoms with E-state index in [-0.39, 0.29) is 0 Å². The average molecular weight is 363 g/mol. The number of hydrogen-bond donors (Lipinski definition) is 2. The SMILES string of the molecule is Cc1ccc(NC(=O)Nc2cc(Cl)ccc2OCCCN(C)C)nc1. The summed E-state index contributed by atoms with van der Waals surface area (Å²) in [6.45, 7) is 3.41. The smallest absolute Gasteiger partial charge is 0.324 e. The van der Waals surface area contributed by atoms with Crippen LogP contribution in [-0.2, 0) is 0 Å². The third kappa shape index (κ3) is 6.60. The second-order valence-corrected chi connectivity index (χ2v) is 6.38. The lowest BCUT2D eigenvalue weighted by molar-refractivity contribution is 0.261. The zero-order valence-electron chi connectivity index (χ0n) is 14.7. The molecule has 0 spiro atoms. The molecule has 2 rings (SSSR count). The van der Waals surface area contributed by atoms with E-state index >= 15 is 0 Å². The van der Waals surface area contributed by atoms with E-state index in [2.05, 4.69) is 20.5 Å². The highest BCUT2D eigenvalue weighted by molar-refractivity contribution is 6.31. The van der Waals surface area contributed by atoms with Crippen LogP contribution in [0.2, 0.25) is 5.02 Å². The number of rotatable bonds is 7. The van der Waals surface area contributed by atoms with E-state index in [4.69, 9.17) is 16.3 Å².